The van der Waals surface area contributed by atoms with Crippen LogP contribution in [0.3, 0.4) is 0 Å². The average Bonchev–Trinajstić information content (AvgIpc) is 2.47. The zero-order valence-electron chi connectivity index (χ0n) is 14.0. The second-order valence-corrected chi connectivity index (χ2v) is 6.98. The molecule has 1 aromatic rings. The summed E-state index contributed by atoms with van der Waals surface area (Å²) in [6, 6.07) is 5.78. The predicted octanol–water partition coefficient (Wildman–Crippen LogP) is 3.27. The fourth-order valence-electron chi connectivity index (χ4n) is 2.02. The molecule has 0 aromatic heterocycles. The van der Waals surface area contributed by atoms with Gasteiger partial charge < -0.3 is 10.3 Å². The number of hydrogen-bond donors (Lipinski definition) is 1. The van der Waals surface area contributed by atoms with E-state index in [1.807, 2.05) is 6.92 Å². The third kappa shape index (κ3) is 11.7. The predicted molar refractivity (Wildman–Crippen MR) is 89.5 cm³/mol. The van der Waals surface area contributed by atoms with Crippen molar-refractivity contribution >= 4 is 10.1 Å². The van der Waals surface area contributed by atoms with E-state index in [4.69, 9.17) is 0 Å². The lowest BCUT2D eigenvalue weighted by Gasteiger charge is -2.05. The van der Waals surface area contributed by atoms with E-state index in [1.54, 1.807) is 12.1 Å². The molecule has 0 unspecified atom stereocenters. The first kappa shape index (κ1) is 21.1. The number of rotatable bonds is 9. The summed E-state index contributed by atoms with van der Waals surface area (Å²) in [5.41, 5.74) is 4.76. The van der Waals surface area contributed by atoms with Crippen molar-refractivity contribution in [3.63, 3.8) is 0 Å². The van der Waals surface area contributed by atoms with Gasteiger partial charge in [-0.3, -0.25) is 0 Å². The molecular formula is C17H31NO3S. The fraction of sp³-hybridized carbons (Fsp3) is 0.647. The highest BCUT2D eigenvalue weighted by molar-refractivity contribution is 7.85. The van der Waals surface area contributed by atoms with Crippen LogP contribution in [-0.2, 0) is 10.1 Å². The molecule has 0 atom stereocenters. The standard InChI is InChI=1S/C10H23N.C7H8O3S/c1-2-3-4-5-6-7-8-9-10-11;1-6-2-4-7(5-3-6)11(8,9)10/h2-11H2,1H3;2-5H,1H3,(H,8,9,10). The van der Waals surface area contributed by atoms with Crippen LogP contribution in [-0.4, -0.2) is 19.5 Å². The Hall–Kier alpha value is -0.910. The quantitative estimate of drug-likeness (QED) is 0.557. The van der Waals surface area contributed by atoms with Gasteiger partial charge in [0.15, 0.2) is 0 Å². The minimum Gasteiger partial charge on any atom is -0.744 e. The lowest BCUT2D eigenvalue weighted by molar-refractivity contribution is -0.368. The van der Waals surface area contributed by atoms with Crippen molar-refractivity contribution in [1.82, 2.24) is 0 Å². The molecule has 1 aromatic carbocycles. The second-order valence-electron chi connectivity index (χ2n) is 5.60. The maximum atomic E-state index is 10.4. The van der Waals surface area contributed by atoms with Crippen LogP contribution in [0.4, 0.5) is 0 Å². The van der Waals surface area contributed by atoms with E-state index in [0.717, 1.165) is 12.1 Å². The van der Waals surface area contributed by atoms with Crippen LogP contribution in [0.15, 0.2) is 29.2 Å². The minimum absolute atomic E-state index is 0.178. The van der Waals surface area contributed by atoms with Gasteiger partial charge in [0.2, 0.25) is 0 Å². The average molecular weight is 330 g/mol. The van der Waals surface area contributed by atoms with E-state index in [1.165, 1.54) is 63.5 Å². The first-order valence-corrected chi connectivity index (χ1v) is 9.64. The summed E-state index contributed by atoms with van der Waals surface area (Å²) < 4.78 is 31.2. The van der Waals surface area contributed by atoms with E-state index in [2.05, 4.69) is 12.7 Å². The molecule has 4 nitrogen and oxygen atoms in total. The zero-order chi connectivity index (χ0) is 16.8. The summed E-state index contributed by atoms with van der Waals surface area (Å²) in [5.74, 6) is 0. The van der Waals surface area contributed by atoms with E-state index in [-0.39, 0.29) is 4.90 Å². The van der Waals surface area contributed by atoms with E-state index >= 15 is 0 Å². The summed E-state index contributed by atoms with van der Waals surface area (Å²) in [6.45, 7) is 5.21. The number of aryl methyl sites for hydroxylation is 1. The van der Waals surface area contributed by atoms with Gasteiger partial charge in [-0.25, -0.2) is 8.42 Å². The van der Waals surface area contributed by atoms with Crippen LogP contribution in [0.1, 0.15) is 63.9 Å². The van der Waals surface area contributed by atoms with Gasteiger partial charge in [-0.05, 0) is 31.9 Å². The molecule has 0 aliphatic carbocycles. The van der Waals surface area contributed by atoms with Gasteiger partial charge in [0.05, 0.1) is 11.4 Å². The molecule has 0 amide bonds. The van der Waals surface area contributed by atoms with Crippen molar-refractivity contribution in [3.8, 4) is 0 Å². The largest absolute Gasteiger partial charge is 0.744 e. The molecule has 0 saturated carbocycles. The van der Waals surface area contributed by atoms with Gasteiger partial charge in [0.1, 0.15) is 10.1 Å². The second kappa shape index (κ2) is 12.6. The first-order valence-electron chi connectivity index (χ1n) is 8.23. The normalized spacial score (nSPS) is 10.9. The summed E-state index contributed by atoms with van der Waals surface area (Å²) in [7, 11) is -4.27. The molecule has 5 heteroatoms. The van der Waals surface area contributed by atoms with Crippen LogP contribution in [0.5, 0.6) is 0 Å². The van der Waals surface area contributed by atoms with Gasteiger partial charge in [0.25, 0.3) is 0 Å². The molecule has 0 bridgehead atoms. The highest BCUT2D eigenvalue weighted by Crippen LogP contribution is 2.08. The molecule has 0 spiro atoms. The van der Waals surface area contributed by atoms with Gasteiger partial charge in [-0.1, -0.05) is 63.1 Å². The third-order valence-electron chi connectivity index (χ3n) is 3.41. The summed E-state index contributed by atoms with van der Waals surface area (Å²) in [5, 5.41) is 0. The monoisotopic (exact) mass is 329 g/mol. The van der Waals surface area contributed by atoms with Crippen LogP contribution >= 0.6 is 0 Å². The summed E-state index contributed by atoms with van der Waals surface area (Å²) >= 11 is 0. The molecule has 3 N–H and O–H groups in total. The Labute approximate surface area is 135 Å². The summed E-state index contributed by atoms with van der Waals surface area (Å²) in [4.78, 5) is -0.178. The molecule has 22 heavy (non-hydrogen) atoms. The number of benzene rings is 1. The van der Waals surface area contributed by atoms with E-state index in [0.29, 0.717) is 0 Å². The van der Waals surface area contributed by atoms with Gasteiger partial charge in [-0.15, -0.1) is 0 Å². The van der Waals surface area contributed by atoms with Crippen molar-refractivity contribution in [2.75, 3.05) is 6.54 Å². The zero-order valence-corrected chi connectivity index (χ0v) is 14.8. The Kier molecular flexibility index (Phi) is 12.1. The van der Waals surface area contributed by atoms with Crippen LogP contribution in [0, 0.1) is 6.92 Å². The molecule has 0 aliphatic heterocycles. The van der Waals surface area contributed by atoms with Crippen molar-refractivity contribution in [3.05, 3.63) is 29.8 Å². The molecule has 128 valence electrons. The van der Waals surface area contributed by atoms with Crippen molar-refractivity contribution in [1.29, 1.82) is 0 Å². The maximum absolute atomic E-state index is 10.4. The SMILES string of the molecule is CCCCCCCCCC[NH3+].Cc1ccc(S(=O)(=O)[O-])cc1. The Bertz CT molecular complexity index is 461. The first-order chi connectivity index (χ1) is 10.4. The lowest BCUT2D eigenvalue weighted by atomic mass is 10.1. The highest BCUT2D eigenvalue weighted by atomic mass is 32.2. The number of unbranched alkanes of at least 4 members (excludes halogenated alkanes) is 7. The van der Waals surface area contributed by atoms with Gasteiger partial charge >= 0.3 is 0 Å². The maximum Gasteiger partial charge on any atom is 0.124 e. The Morgan fingerprint density at radius 3 is 1.77 bits per heavy atom. The molecule has 0 saturated heterocycles. The van der Waals surface area contributed by atoms with Crippen LogP contribution in [0.2, 0.25) is 0 Å². The Morgan fingerprint density at radius 2 is 1.36 bits per heavy atom. The Morgan fingerprint density at radius 1 is 0.909 bits per heavy atom. The van der Waals surface area contributed by atoms with Gasteiger partial charge in [0, 0.05) is 0 Å². The molecule has 0 heterocycles. The topological polar surface area (TPSA) is 84.8 Å². The third-order valence-corrected chi connectivity index (χ3v) is 4.26. The van der Waals surface area contributed by atoms with Crippen LogP contribution < -0.4 is 5.73 Å². The molecule has 0 fully saturated rings. The smallest absolute Gasteiger partial charge is 0.124 e. The molecular weight excluding hydrogens is 298 g/mol. The van der Waals surface area contributed by atoms with Crippen molar-refractivity contribution < 1.29 is 18.7 Å². The lowest BCUT2D eigenvalue weighted by Crippen LogP contribution is -2.50. The Balaban J connectivity index is 0.000000401. The number of hydrogen-bond acceptors (Lipinski definition) is 3. The van der Waals surface area contributed by atoms with Crippen molar-refractivity contribution in [2.45, 2.75) is 70.1 Å². The fourth-order valence-corrected chi connectivity index (χ4v) is 2.49. The number of quaternary nitrogens is 1. The molecule has 0 aliphatic rings. The van der Waals surface area contributed by atoms with E-state index in [9.17, 15) is 13.0 Å². The van der Waals surface area contributed by atoms with Crippen LogP contribution in [0.25, 0.3) is 0 Å². The highest BCUT2D eigenvalue weighted by Gasteiger charge is 1.97. The van der Waals surface area contributed by atoms with E-state index < -0.39 is 10.1 Å². The minimum atomic E-state index is -4.27. The molecule has 1 rings (SSSR count). The van der Waals surface area contributed by atoms with Crippen molar-refractivity contribution in [2.24, 2.45) is 0 Å². The van der Waals surface area contributed by atoms with Gasteiger partial charge in [-0.2, -0.15) is 0 Å². The summed E-state index contributed by atoms with van der Waals surface area (Å²) in [6.07, 6.45) is 11.3. The molecule has 0 radical (unpaired) electrons.